The molecule has 1 aromatic rings. The van der Waals surface area contributed by atoms with Crippen molar-refractivity contribution >= 4 is 5.78 Å². The quantitative estimate of drug-likeness (QED) is 0.811. The van der Waals surface area contributed by atoms with Crippen LogP contribution >= 0.6 is 0 Å². The van der Waals surface area contributed by atoms with Gasteiger partial charge in [0.15, 0.2) is 5.78 Å². The van der Waals surface area contributed by atoms with Crippen molar-refractivity contribution in [1.29, 1.82) is 0 Å². The largest absolute Gasteiger partial charge is 0.362 e. The molecule has 2 N–H and O–H groups in total. The maximum atomic E-state index is 11.8. The zero-order chi connectivity index (χ0) is 12.9. The molecule has 3 nitrogen and oxygen atoms in total. The van der Waals surface area contributed by atoms with E-state index in [1.165, 1.54) is 0 Å². The van der Waals surface area contributed by atoms with Gasteiger partial charge in [0.2, 0.25) is 0 Å². The fourth-order valence-corrected chi connectivity index (χ4v) is 1.60. The fourth-order valence-electron chi connectivity index (χ4n) is 1.60. The van der Waals surface area contributed by atoms with Crippen molar-refractivity contribution in [2.75, 3.05) is 6.61 Å². The maximum Gasteiger partial charge on any atom is 0.183 e. The molecular formula is C14H21NO2. The standard InChI is InChI=1S/C12H15NO2.C2H6/c1-12(8-15-12)11(14)10(13)7-9-5-3-2-4-6-9;1-2/h2-6,10H,7-8,13H2,1H3;1-2H3/t10-,12?;/m0./s1. The highest BCUT2D eigenvalue weighted by Crippen LogP contribution is 2.28. The fraction of sp³-hybridized carbons (Fsp3) is 0.500. The zero-order valence-corrected chi connectivity index (χ0v) is 10.8. The Kier molecular flexibility index (Phi) is 4.85. The topological polar surface area (TPSA) is 55.6 Å². The summed E-state index contributed by atoms with van der Waals surface area (Å²) < 4.78 is 5.09. The van der Waals surface area contributed by atoms with E-state index in [0.717, 1.165) is 5.56 Å². The highest BCUT2D eigenvalue weighted by Gasteiger charge is 2.48. The van der Waals surface area contributed by atoms with Crippen LogP contribution in [0.3, 0.4) is 0 Å². The molecule has 1 heterocycles. The van der Waals surface area contributed by atoms with E-state index in [4.69, 9.17) is 10.5 Å². The normalized spacial score (nSPS) is 23.3. The average molecular weight is 235 g/mol. The molecule has 1 saturated heterocycles. The second-order valence-corrected chi connectivity index (χ2v) is 4.18. The lowest BCUT2D eigenvalue weighted by Crippen LogP contribution is -2.40. The summed E-state index contributed by atoms with van der Waals surface area (Å²) >= 11 is 0. The van der Waals surface area contributed by atoms with Crippen molar-refractivity contribution in [3.05, 3.63) is 35.9 Å². The molecule has 17 heavy (non-hydrogen) atoms. The summed E-state index contributed by atoms with van der Waals surface area (Å²) in [4.78, 5) is 11.8. The third-order valence-electron chi connectivity index (χ3n) is 2.73. The minimum absolute atomic E-state index is 0.00588. The van der Waals surface area contributed by atoms with E-state index in [9.17, 15) is 4.79 Å². The van der Waals surface area contributed by atoms with Crippen LogP contribution in [0.2, 0.25) is 0 Å². The molecule has 0 aliphatic carbocycles. The lowest BCUT2D eigenvalue weighted by atomic mass is 9.96. The molecule has 0 spiro atoms. The van der Waals surface area contributed by atoms with Crippen LogP contribution in [-0.2, 0) is 16.0 Å². The molecule has 0 amide bonds. The second kappa shape index (κ2) is 5.94. The number of carbonyl (C=O) groups is 1. The molecule has 94 valence electrons. The van der Waals surface area contributed by atoms with Crippen molar-refractivity contribution in [2.24, 2.45) is 5.73 Å². The van der Waals surface area contributed by atoms with Crippen LogP contribution < -0.4 is 5.73 Å². The molecule has 0 radical (unpaired) electrons. The maximum absolute atomic E-state index is 11.8. The first kappa shape index (κ1) is 13.9. The lowest BCUT2D eigenvalue weighted by Gasteiger charge is -2.12. The minimum Gasteiger partial charge on any atom is -0.362 e. The summed E-state index contributed by atoms with van der Waals surface area (Å²) in [5.41, 5.74) is 6.33. The van der Waals surface area contributed by atoms with Gasteiger partial charge in [-0.05, 0) is 18.9 Å². The van der Waals surface area contributed by atoms with Gasteiger partial charge in [-0.2, -0.15) is 0 Å². The Morgan fingerprint density at radius 3 is 2.41 bits per heavy atom. The molecular weight excluding hydrogens is 214 g/mol. The Labute approximate surface area is 103 Å². The summed E-state index contributed by atoms with van der Waals surface area (Å²) in [6, 6.07) is 9.33. The molecule has 1 unspecified atom stereocenters. The summed E-state index contributed by atoms with van der Waals surface area (Å²) in [6.07, 6.45) is 0.582. The van der Waals surface area contributed by atoms with Crippen LogP contribution in [0, 0.1) is 0 Å². The Bertz CT molecular complexity index is 358. The van der Waals surface area contributed by atoms with Crippen molar-refractivity contribution in [2.45, 2.75) is 38.8 Å². The van der Waals surface area contributed by atoms with Gasteiger partial charge in [0.25, 0.3) is 0 Å². The third kappa shape index (κ3) is 3.65. The number of Topliss-reactive ketones (excluding diaryl/α,β-unsaturated/α-hetero) is 1. The number of ether oxygens (including phenoxy) is 1. The van der Waals surface area contributed by atoms with Crippen LogP contribution in [0.15, 0.2) is 30.3 Å². The van der Waals surface area contributed by atoms with Gasteiger partial charge >= 0.3 is 0 Å². The van der Waals surface area contributed by atoms with Crippen LogP contribution in [0.4, 0.5) is 0 Å². The molecule has 3 heteroatoms. The number of hydrogen-bond acceptors (Lipinski definition) is 3. The van der Waals surface area contributed by atoms with Crippen molar-refractivity contribution < 1.29 is 9.53 Å². The van der Waals surface area contributed by atoms with E-state index in [1.807, 2.05) is 44.2 Å². The number of benzene rings is 1. The summed E-state index contributed by atoms with van der Waals surface area (Å²) in [5, 5.41) is 0. The monoisotopic (exact) mass is 235 g/mol. The molecule has 1 aliphatic heterocycles. The number of ketones is 1. The van der Waals surface area contributed by atoms with Gasteiger partial charge < -0.3 is 10.5 Å². The molecule has 0 aromatic heterocycles. The van der Waals surface area contributed by atoms with E-state index in [2.05, 4.69) is 0 Å². The first-order valence-electron chi connectivity index (χ1n) is 6.09. The van der Waals surface area contributed by atoms with E-state index < -0.39 is 11.6 Å². The predicted octanol–water partition coefficient (Wildman–Crippen LogP) is 1.94. The molecule has 1 fully saturated rings. The summed E-state index contributed by atoms with van der Waals surface area (Å²) in [6.45, 7) is 6.30. The highest BCUT2D eigenvalue weighted by molar-refractivity contribution is 5.93. The van der Waals surface area contributed by atoms with Crippen LogP contribution in [-0.4, -0.2) is 24.0 Å². The Balaban J connectivity index is 0.000000686. The summed E-state index contributed by atoms with van der Waals surface area (Å²) in [7, 11) is 0. The third-order valence-corrected chi connectivity index (χ3v) is 2.73. The number of nitrogens with two attached hydrogens (primary N) is 1. The highest BCUT2D eigenvalue weighted by atomic mass is 16.6. The Morgan fingerprint density at radius 2 is 1.94 bits per heavy atom. The first-order valence-corrected chi connectivity index (χ1v) is 6.09. The van der Waals surface area contributed by atoms with Crippen LogP contribution in [0.1, 0.15) is 26.3 Å². The van der Waals surface area contributed by atoms with Crippen molar-refractivity contribution in [3.8, 4) is 0 Å². The average Bonchev–Trinajstić information content (AvgIpc) is 3.11. The van der Waals surface area contributed by atoms with E-state index >= 15 is 0 Å². The number of rotatable bonds is 4. The van der Waals surface area contributed by atoms with Crippen LogP contribution in [0.5, 0.6) is 0 Å². The van der Waals surface area contributed by atoms with Gasteiger partial charge in [-0.25, -0.2) is 0 Å². The van der Waals surface area contributed by atoms with Gasteiger partial charge in [-0.15, -0.1) is 0 Å². The minimum atomic E-state index is -0.603. The smallest absolute Gasteiger partial charge is 0.183 e. The zero-order valence-electron chi connectivity index (χ0n) is 10.8. The molecule has 1 aliphatic rings. The van der Waals surface area contributed by atoms with E-state index in [1.54, 1.807) is 6.92 Å². The predicted molar refractivity (Wildman–Crippen MR) is 68.8 cm³/mol. The molecule has 1 aromatic carbocycles. The summed E-state index contributed by atoms with van der Waals surface area (Å²) in [5.74, 6) is 0.00588. The number of epoxide rings is 1. The lowest BCUT2D eigenvalue weighted by molar-refractivity contribution is -0.124. The van der Waals surface area contributed by atoms with Gasteiger partial charge in [0, 0.05) is 0 Å². The number of carbonyl (C=O) groups excluding carboxylic acids is 1. The van der Waals surface area contributed by atoms with Gasteiger partial charge in [-0.3, -0.25) is 4.79 Å². The van der Waals surface area contributed by atoms with E-state index in [-0.39, 0.29) is 5.78 Å². The molecule has 0 saturated carbocycles. The van der Waals surface area contributed by atoms with Gasteiger partial charge in [0.05, 0.1) is 12.6 Å². The first-order chi connectivity index (χ1) is 8.12. The Morgan fingerprint density at radius 1 is 1.41 bits per heavy atom. The van der Waals surface area contributed by atoms with Gasteiger partial charge in [0.1, 0.15) is 5.60 Å². The SMILES string of the molecule is CC.CC1(C(=O)[C@@H](N)Cc2ccccc2)CO1. The molecule has 2 rings (SSSR count). The Hall–Kier alpha value is -1.19. The van der Waals surface area contributed by atoms with Gasteiger partial charge in [-0.1, -0.05) is 44.2 Å². The second-order valence-electron chi connectivity index (χ2n) is 4.18. The number of hydrogen-bond donors (Lipinski definition) is 1. The van der Waals surface area contributed by atoms with Crippen LogP contribution in [0.25, 0.3) is 0 Å². The molecule has 2 atom stereocenters. The molecule has 0 bridgehead atoms. The van der Waals surface area contributed by atoms with Crippen molar-refractivity contribution in [1.82, 2.24) is 0 Å². The van der Waals surface area contributed by atoms with Crippen molar-refractivity contribution in [3.63, 3.8) is 0 Å². The van der Waals surface area contributed by atoms with E-state index in [0.29, 0.717) is 13.0 Å².